The second kappa shape index (κ2) is 7.26. The zero-order chi connectivity index (χ0) is 14.6. The number of nitrogens with zero attached hydrogens (tertiary/aromatic N) is 1. The fourth-order valence-corrected chi connectivity index (χ4v) is 3.98. The molecule has 1 saturated heterocycles. The second-order valence-corrected chi connectivity index (χ2v) is 8.27. The van der Waals surface area contributed by atoms with Gasteiger partial charge in [0, 0.05) is 18.6 Å². The summed E-state index contributed by atoms with van der Waals surface area (Å²) in [7, 11) is 0. The molecule has 2 rings (SSSR count). The first-order valence-corrected chi connectivity index (χ1v) is 8.94. The van der Waals surface area contributed by atoms with E-state index >= 15 is 0 Å². The van der Waals surface area contributed by atoms with E-state index in [-0.39, 0.29) is 0 Å². The molecule has 2 fully saturated rings. The van der Waals surface area contributed by atoms with Crippen molar-refractivity contribution in [1.82, 2.24) is 10.2 Å². The predicted octanol–water partition coefficient (Wildman–Crippen LogP) is 4.06. The van der Waals surface area contributed by atoms with Gasteiger partial charge in [-0.3, -0.25) is 4.90 Å². The highest BCUT2D eigenvalue weighted by molar-refractivity contribution is 4.84. The van der Waals surface area contributed by atoms with Crippen LogP contribution in [0.25, 0.3) is 0 Å². The lowest BCUT2D eigenvalue weighted by Crippen LogP contribution is -2.48. The molecule has 0 aromatic heterocycles. The molecule has 0 amide bonds. The summed E-state index contributed by atoms with van der Waals surface area (Å²) in [6, 6.07) is 1.51. The van der Waals surface area contributed by atoms with E-state index in [9.17, 15) is 0 Å². The predicted molar refractivity (Wildman–Crippen MR) is 88.1 cm³/mol. The summed E-state index contributed by atoms with van der Waals surface area (Å²) >= 11 is 0. The number of nitrogens with one attached hydrogen (secondary N) is 1. The van der Waals surface area contributed by atoms with Gasteiger partial charge in [0.25, 0.3) is 0 Å². The molecule has 1 aliphatic heterocycles. The Balaban J connectivity index is 1.67. The van der Waals surface area contributed by atoms with Gasteiger partial charge in [0.05, 0.1) is 0 Å². The van der Waals surface area contributed by atoms with Crippen LogP contribution in [-0.2, 0) is 0 Å². The number of hydrogen-bond acceptors (Lipinski definition) is 2. The Morgan fingerprint density at radius 2 is 1.60 bits per heavy atom. The van der Waals surface area contributed by atoms with Gasteiger partial charge in [-0.25, -0.2) is 0 Å². The van der Waals surface area contributed by atoms with Crippen molar-refractivity contribution in [3.05, 3.63) is 0 Å². The molecule has 20 heavy (non-hydrogen) atoms. The van der Waals surface area contributed by atoms with E-state index in [2.05, 4.69) is 37.9 Å². The minimum absolute atomic E-state index is 0.496. The number of likely N-dealkylation sites (tertiary alicyclic amines) is 1. The van der Waals surface area contributed by atoms with E-state index in [0.717, 1.165) is 12.0 Å². The Bertz CT molecular complexity index is 268. The van der Waals surface area contributed by atoms with Crippen LogP contribution in [-0.4, -0.2) is 36.6 Å². The number of rotatable bonds is 4. The van der Waals surface area contributed by atoms with Gasteiger partial charge in [-0.2, -0.15) is 0 Å². The molecule has 2 aliphatic rings. The van der Waals surface area contributed by atoms with E-state index in [1.54, 1.807) is 0 Å². The molecule has 118 valence electrons. The summed E-state index contributed by atoms with van der Waals surface area (Å²) in [5, 5.41) is 3.82. The maximum absolute atomic E-state index is 3.82. The first kappa shape index (κ1) is 16.3. The van der Waals surface area contributed by atoms with Crippen LogP contribution in [0.15, 0.2) is 0 Å². The zero-order valence-corrected chi connectivity index (χ0v) is 14.3. The Morgan fingerprint density at radius 1 is 1.00 bits per heavy atom. The minimum Gasteiger partial charge on any atom is -0.312 e. The Morgan fingerprint density at radius 3 is 2.15 bits per heavy atom. The van der Waals surface area contributed by atoms with Gasteiger partial charge in [0.1, 0.15) is 0 Å². The fraction of sp³-hybridized carbons (Fsp3) is 1.00. The normalized spacial score (nSPS) is 25.8. The molecular weight excluding hydrogens is 244 g/mol. The number of piperidine rings is 1. The van der Waals surface area contributed by atoms with E-state index in [0.29, 0.717) is 11.5 Å². The molecule has 1 saturated carbocycles. The monoisotopic (exact) mass is 280 g/mol. The summed E-state index contributed by atoms with van der Waals surface area (Å²) in [5.41, 5.74) is 0.496. The van der Waals surface area contributed by atoms with Crippen LogP contribution in [0.5, 0.6) is 0 Å². The molecular formula is C18H36N2. The second-order valence-electron chi connectivity index (χ2n) is 8.27. The SMILES string of the molecule is CC(CNC1CCCCC1)N1CCC(C(C)(C)C)CC1. The molecule has 2 nitrogen and oxygen atoms in total. The maximum Gasteiger partial charge on any atom is 0.0192 e. The zero-order valence-electron chi connectivity index (χ0n) is 14.3. The van der Waals surface area contributed by atoms with Crippen molar-refractivity contribution >= 4 is 0 Å². The van der Waals surface area contributed by atoms with Crippen LogP contribution in [0.1, 0.15) is 72.6 Å². The van der Waals surface area contributed by atoms with Crippen molar-refractivity contribution in [2.75, 3.05) is 19.6 Å². The van der Waals surface area contributed by atoms with Crippen molar-refractivity contribution in [3.63, 3.8) is 0 Å². The molecule has 0 bridgehead atoms. The summed E-state index contributed by atoms with van der Waals surface area (Å²) < 4.78 is 0. The quantitative estimate of drug-likeness (QED) is 0.835. The highest BCUT2D eigenvalue weighted by Crippen LogP contribution is 2.34. The highest BCUT2D eigenvalue weighted by atomic mass is 15.2. The van der Waals surface area contributed by atoms with Gasteiger partial charge in [-0.15, -0.1) is 0 Å². The Hall–Kier alpha value is -0.0800. The average Bonchev–Trinajstić information content (AvgIpc) is 2.45. The first-order chi connectivity index (χ1) is 9.47. The molecule has 1 unspecified atom stereocenters. The molecule has 1 atom stereocenters. The largest absolute Gasteiger partial charge is 0.312 e. The van der Waals surface area contributed by atoms with Gasteiger partial charge in [0.15, 0.2) is 0 Å². The van der Waals surface area contributed by atoms with E-state index < -0.39 is 0 Å². The molecule has 0 aromatic carbocycles. The minimum atomic E-state index is 0.496. The molecule has 1 heterocycles. The van der Waals surface area contributed by atoms with Crippen molar-refractivity contribution in [2.45, 2.75) is 84.7 Å². The van der Waals surface area contributed by atoms with Crippen LogP contribution < -0.4 is 5.32 Å². The third-order valence-electron chi connectivity index (χ3n) is 5.68. The van der Waals surface area contributed by atoms with Gasteiger partial charge >= 0.3 is 0 Å². The van der Waals surface area contributed by atoms with E-state index in [1.165, 1.54) is 64.6 Å². The molecule has 1 aliphatic carbocycles. The lowest BCUT2D eigenvalue weighted by atomic mass is 9.75. The summed E-state index contributed by atoms with van der Waals surface area (Å²) in [6.07, 6.45) is 9.90. The van der Waals surface area contributed by atoms with Crippen molar-refractivity contribution in [2.24, 2.45) is 11.3 Å². The third kappa shape index (κ3) is 4.73. The molecule has 2 heteroatoms. The smallest absolute Gasteiger partial charge is 0.0192 e. The van der Waals surface area contributed by atoms with E-state index in [1.807, 2.05) is 0 Å². The summed E-state index contributed by atoms with van der Waals surface area (Å²) in [4.78, 5) is 2.71. The van der Waals surface area contributed by atoms with E-state index in [4.69, 9.17) is 0 Å². The lowest BCUT2D eigenvalue weighted by molar-refractivity contribution is 0.0859. The van der Waals surface area contributed by atoms with Crippen molar-refractivity contribution < 1.29 is 0 Å². The van der Waals surface area contributed by atoms with Crippen LogP contribution in [0.2, 0.25) is 0 Å². The molecule has 0 spiro atoms. The van der Waals surface area contributed by atoms with Crippen LogP contribution in [0.4, 0.5) is 0 Å². The first-order valence-electron chi connectivity index (χ1n) is 8.94. The standard InChI is InChI=1S/C18H36N2/c1-15(14-19-17-8-6-5-7-9-17)20-12-10-16(11-13-20)18(2,3)4/h15-17,19H,5-14H2,1-4H3. The molecule has 0 aromatic rings. The lowest BCUT2D eigenvalue weighted by Gasteiger charge is -2.41. The summed E-state index contributed by atoms with van der Waals surface area (Å²) in [6.45, 7) is 13.4. The van der Waals surface area contributed by atoms with Gasteiger partial charge in [0.2, 0.25) is 0 Å². The van der Waals surface area contributed by atoms with Crippen LogP contribution in [0.3, 0.4) is 0 Å². The Kier molecular flexibility index (Phi) is 5.92. The van der Waals surface area contributed by atoms with Gasteiger partial charge < -0.3 is 5.32 Å². The summed E-state index contributed by atoms with van der Waals surface area (Å²) in [5.74, 6) is 0.914. The van der Waals surface area contributed by atoms with Gasteiger partial charge in [-0.1, -0.05) is 40.0 Å². The third-order valence-corrected chi connectivity index (χ3v) is 5.68. The number of hydrogen-bond donors (Lipinski definition) is 1. The van der Waals surface area contributed by atoms with Crippen LogP contribution in [0, 0.1) is 11.3 Å². The van der Waals surface area contributed by atoms with Gasteiger partial charge in [-0.05, 0) is 57.0 Å². The Labute approximate surface area is 126 Å². The fourth-order valence-electron chi connectivity index (χ4n) is 3.98. The highest BCUT2D eigenvalue weighted by Gasteiger charge is 2.30. The topological polar surface area (TPSA) is 15.3 Å². The average molecular weight is 281 g/mol. The molecule has 1 N–H and O–H groups in total. The van der Waals surface area contributed by atoms with Crippen molar-refractivity contribution in [1.29, 1.82) is 0 Å². The maximum atomic E-state index is 3.82. The molecule has 0 radical (unpaired) electrons. The van der Waals surface area contributed by atoms with Crippen molar-refractivity contribution in [3.8, 4) is 0 Å². The van der Waals surface area contributed by atoms with Crippen LogP contribution >= 0.6 is 0 Å².